The van der Waals surface area contributed by atoms with Gasteiger partial charge in [-0.2, -0.15) is 0 Å². The first-order valence-corrected chi connectivity index (χ1v) is 8.63. The molecule has 0 amide bonds. The molecule has 0 fully saturated rings. The summed E-state index contributed by atoms with van der Waals surface area (Å²) >= 11 is 0. The van der Waals surface area contributed by atoms with Crippen LogP contribution in [0.4, 0.5) is 0 Å². The van der Waals surface area contributed by atoms with Gasteiger partial charge in [0.2, 0.25) is 6.29 Å². The maximum Gasteiger partial charge on any atom is 0.340 e. The molecule has 0 spiro atoms. The predicted octanol–water partition coefficient (Wildman–Crippen LogP) is 3.85. The molecule has 0 aliphatic heterocycles. The molecule has 140 valence electrons. The largest absolute Gasteiger partial charge is 0.459 e. The second kappa shape index (κ2) is 10.8. The summed E-state index contributed by atoms with van der Waals surface area (Å²) in [6, 6.07) is 17.3. The molecule has 0 saturated heterocycles. The van der Waals surface area contributed by atoms with Gasteiger partial charge in [0, 0.05) is 0 Å². The normalized spacial score (nSPS) is 12.2. The Balaban J connectivity index is 1.89. The molecule has 2 rings (SSSR count). The third kappa shape index (κ3) is 6.96. The molecule has 5 heteroatoms. The summed E-state index contributed by atoms with van der Waals surface area (Å²) in [7, 11) is 0. The van der Waals surface area contributed by atoms with Crippen LogP contribution in [0.3, 0.4) is 0 Å². The van der Waals surface area contributed by atoms with E-state index in [4.69, 9.17) is 14.2 Å². The van der Waals surface area contributed by atoms with Crippen LogP contribution in [-0.4, -0.2) is 30.9 Å². The SMILES string of the molecule is CC#CCC(OC(=O)c1ccccc1)OC(C)COC(=O)c1ccccc1. The van der Waals surface area contributed by atoms with Crippen LogP contribution in [0, 0.1) is 11.8 Å². The molecule has 27 heavy (non-hydrogen) atoms. The fraction of sp³-hybridized carbons (Fsp3) is 0.273. The van der Waals surface area contributed by atoms with Gasteiger partial charge in [0.15, 0.2) is 0 Å². The average Bonchev–Trinajstić information content (AvgIpc) is 2.71. The van der Waals surface area contributed by atoms with Gasteiger partial charge in [0.1, 0.15) is 6.61 Å². The molecule has 5 nitrogen and oxygen atoms in total. The van der Waals surface area contributed by atoms with Crippen molar-refractivity contribution >= 4 is 11.9 Å². The lowest BCUT2D eigenvalue weighted by Crippen LogP contribution is -2.29. The minimum atomic E-state index is -0.851. The van der Waals surface area contributed by atoms with Crippen molar-refractivity contribution in [3.8, 4) is 11.8 Å². The van der Waals surface area contributed by atoms with E-state index in [0.29, 0.717) is 11.1 Å². The molecular weight excluding hydrogens is 344 g/mol. The van der Waals surface area contributed by atoms with Crippen molar-refractivity contribution in [2.45, 2.75) is 32.7 Å². The Morgan fingerprint density at radius 1 is 0.926 bits per heavy atom. The highest BCUT2D eigenvalue weighted by Gasteiger charge is 2.19. The second-order valence-electron chi connectivity index (χ2n) is 5.74. The number of esters is 2. The third-order valence-corrected chi connectivity index (χ3v) is 3.54. The first-order chi connectivity index (χ1) is 13.1. The maximum absolute atomic E-state index is 12.2. The topological polar surface area (TPSA) is 61.8 Å². The zero-order valence-electron chi connectivity index (χ0n) is 15.4. The first-order valence-electron chi connectivity index (χ1n) is 8.63. The van der Waals surface area contributed by atoms with Crippen molar-refractivity contribution in [3.63, 3.8) is 0 Å². The van der Waals surface area contributed by atoms with E-state index in [-0.39, 0.29) is 13.0 Å². The second-order valence-corrected chi connectivity index (χ2v) is 5.74. The van der Waals surface area contributed by atoms with Gasteiger partial charge in [0.25, 0.3) is 0 Å². The molecule has 0 aromatic heterocycles. The molecule has 0 N–H and O–H groups in total. The monoisotopic (exact) mass is 366 g/mol. The Kier molecular flexibility index (Phi) is 8.08. The molecule has 0 saturated carbocycles. The summed E-state index contributed by atoms with van der Waals surface area (Å²) in [5.41, 5.74) is 0.896. The summed E-state index contributed by atoms with van der Waals surface area (Å²) in [6.07, 6.45) is -1.09. The third-order valence-electron chi connectivity index (χ3n) is 3.54. The van der Waals surface area contributed by atoms with Crippen molar-refractivity contribution in [3.05, 3.63) is 71.8 Å². The lowest BCUT2D eigenvalue weighted by atomic mass is 10.2. The van der Waals surface area contributed by atoms with Crippen LogP contribution in [0.5, 0.6) is 0 Å². The molecule has 2 unspecified atom stereocenters. The standard InChI is InChI=1S/C22H22O5/c1-3-4-15-20(27-22(24)19-13-9-6-10-14-19)26-17(2)16-25-21(23)18-11-7-5-8-12-18/h5-14,17,20H,15-16H2,1-2H3. The molecule has 2 atom stereocenters. The zero-order valence-corrected chi connectivity index (χ0v) is 15.4. The number of carbonyl (C=O) groups excluding carboxylic acids is 2. The fourth-order valence-electron chi connectivity index (χ4n) is 2.21. The Bertz CT molecular complexity index is 790. The summed E-state index contributed by atoms with van der Waals surface area (Å²) < 4.78 is 16.3. The van der Waals surface area contributed by atoms with Crippen LogP contribution in [0.25, 0.3) is 0 Å². The zero-order chi connectivity index (χ0) is 19.5. The molecule has 0 heterocycles. The molecule has 0 aliphatic carbocycles. The highest BCUT2D eigenvalue weighted by atomic mass is 16.7. The van der Waals surface area contributed by atoms with E-state index in [9.17, 15) is 9.59 Å². The quantitative estimate of drug-likeness (QED) is 0.403. The Hall–Kier alpha value is -3.10. The summed E-state index contributed by atoms with van der Waals surface area (Å²) in [5.74, 6) is 4.66. The fourth-order valence-corrected chi connectivity index (χ4v) is 2.21. The molecule has 0 aliphatic rings. The minimum Gasteiger partial charge on any atom is -0.459 e. The first kappa shape index (κ1) is 20.2. The minimum absolute atomic E-state index is 0.0344. The van der Waals surface area contributed by atoms with Crippen molar-refractivity contribution in [1.29, 1.82) is 0 Å². The molecule has 0 radical (unpaired) electrons. The van der Waals surface area contributed by atoms with Gasteiger partial charge in [-0.3, -0.25) is 0 Å². The van der Waals surface area contributed by atoms with E-state index in [1.807, 2.05) is 12.1 Å². The summed E-state index contributed by atoms with van der Waals surface area (Å²) in [6.45, 7) is 3.47. The molecular formula is C22H22O5. The van der Waals surface area contributed by atoms with Crippen molar-refractivity contribution in [1.82, 2.24) is 0 Å². The van der Waals surface area contributed by atoms with E-state index in [2.05, 4.69) is 11.8 Å². The number of rotatable bonds is 8. The Morgan fingerprint density at radius 2 is 1.48 bits per heavy atom. The van der Waals surface area contributed by atoms with Gasteiger partial charge in [-0.1, -0.05) is 42.3 Å². The Morgan fingerprint density at radius 3 is 2.04 bits per heavy atom. The van der Waals surface area contributed by atoms with Crippen LogP contribution in [0.1, 0.15) is 41.0 Å². The number of carbonyl (C=O) groups is 2. The smallest absolute Gasteiger partial charge is 0.340 e. The van der Waals surface area contributed by atoms with E-state index in [1.54, 1.807) is 62.4 Å². The Labute approximate surface area is 159 Å². The number of hydrogen-bond acceptors (Lipinski definition) is 5. The van der Waals surface area contributed by atoms with Gasteiger partial charge < -0.3 is 14.2 Å². The lowest BCUT2D eigenvalue weighted by molar-refractivity contribution is -0.143. The van der Waals surface area contributed by atoms with Gasteiger partial charge in [-0.05, 0) is 38.1 Å². The molecule has 2 aromatic rings. The summed E-state index contributed by atoms with van der Waals surface area (Å²) in [5, 5.41) is 0. The highest BCUT2D eigenvalue weighted by molar-refractivity contribution is 5.89. The summed E-state index contributed by atoms with van der Waals surface area (Å²) in [4.78, 5) is 24.2. The van der Waals surface area contributed by atoms with Crippen LogP contribution in [-0.2, 0) is 14.2 Å². The average molecular weight is 366 g/mol. The van der Waals surface area contributed by atoms with Crippen LogP contribution in [0.15, 0.2) is 60.7 Å². The van der Waals surface area contributed by atoms with Crippen molar-refractivity contribution in [2.24, 2.45) is 0 Å². The maximum atomic E-state index is 12.2. The van der Waals surface area contributed by atoms with E-state index in [0.717, 1.165) is 0 Å². The number of hydrogen-bond donors (Lipinski definition) is 0. The number of benzene rings is 2. The van der Waals surface area contributed by atoms with E-state index < -0.39 is 24.3 Å². The number of ether oxygens (including phenoxy) is 3. The van der Waals surface area contributed by atoms with Crippen LogP contribution >= 0.6 is 0 Å². The van der Waals surface area contributed by atoms with Crippen molar-refractivity contribution in [2.75, 3.05) is 6.61 Å². The highest BCUT2D eigenvalue weighted by Crippen LogP contribution is 2.11. The van der Waals surface area contributed by atoms with Crippen LogP contribution < -0.4 is 0 Å². The van der Waals surface area contributed by atoms with E-state index in [1.165, 1.54) is 0 Å². The van der Waals surface area contributed by atoms with E-state index >= 15 is 0 Å². The predicted molar refractivity (Wildman–Crippen MR) is 101 cm³/mol. The van der Waals surface area contributed by atoms with Gasteiger partial charge >= 0.3 is 11.9 Å². The van der Waals surface area contributed by atoms with Gasteiger partial charge in [-0.15, -0.1) is 5.92 Å². The molecule has 2 aromatic carbocycles. The van der Waals surface area contributed by atoms with Gasteiger partial charge in [0.05, 0.1) is 23.7 Å². The van der Waals surface area contributed by atoms with Gasteiger partial charge in [-0.25, -0.2) is 9.59 Å². The molecule has 0 bridgehead atoms. The van der Waals surface area contributed by atoms with Crippen molar-refractivity contribution < 1.29 is 23.8 Å². The van der Waals surface area contributed by atoms with Crippen LogP contribution in [0.2, 0.25) is 0 Å². The lowest BCUT2D eigenvalue weighted by Gasteiger charge is -2.21.